The van der Waals surface area contributed by atoms with E-state index in [-0.39, 0.29) is 0 Å². The lowest BCUT2D eigenvalue weighted by molar-refractivity contribution is 0.310. The third kappa shape index (κ3) is 2.98. The molecule has 1 heterocycles. The average molecular weight is 332 g/mol. The van der Waals surface area contributed by atoms with Crippen LogP contribution in [0.4, 0.5) is 0 Å². The highest BCUT2D eigenvalue weighted by Crippen LogP contribution is 2.35. The van der Waals surface area contributed by atoms with E-state index in [1.54, 1.807) is 13.2 Å². The van der Waals surface area contributed by atoms with Crippen molar-refractivity contribution in [1.82, 2.24) is 4.57 Å². The molecule has 1 aliphatic carbocycles. The molecule has 0 saturated heterocycles. The van der Waals surface area contributed by atoms with Gasteiger partial charge in [-0.3, -0.25) is 0 Å². The molecule has 2 aromatic rings. The first-order chi connectivity index (χ1) is 12.2. The third-order valence-electron chi connectivity index (χ3n) is 4.18. The van der Waals surface area contributed by atoms with Crippen LogP contribution in [-0.4, -0.2) is 18.3 Å². The monoisotopic (exact) mass is 332 g/mol. The number of allylic oxidation sites excluding steroid dienone is 1. The van der Waals surface area contributed by atoms with Crippen molar-refractivity contribution in [2.24, 2.45) is 0 Å². The molecule has 0 unspecified atom stereocenters. The van der Waals surface area contributed by atoms with E-state index in [1.807, 2.05) is 43.3 Å². The van der Waals surface area contributed by atoms with Gasteiger partial charge >= 0.3 is 0 Å². The van der Waals surface area contributed by atoms with Crippen molar-refractivity contribution in [3.8, 4) is 23.1 Å². The molecule has 3 rings (SSSR count). The summed E-state index contributed by atoms with van der Waals surface area (Å²) in [5.41, 5.74) is 7.47. The Labute approximate surface area is 147 Å². The zero-order valence-corrected chi connectivity index (χ0v) is 14.7. The molecule has 0 aliphatic heterocycles. The Bertz CT molecular complexity index is 918. The number of aromatic nitrogens is 1. The molecule has 0 atom stereocenters. The summed E-state index contributed by atoms with van der Waals surface area (Å²) in [7, 11) is 1.63. The summed E-state index contributed by atoms with van der Waals surface area (Å²) >= 11 is 0. The number of fused-ring (bicyclic) bond motifs is 1. The van der Waals surface area contributed by atoms with Crippen molar-refractivity contribution >= 4 is 12.2 Å². The van der Waals surface area contributed by atoms with Crippen LogP contribution in [0.15, 0.2) is 41.8 Å². The number of ether oxygens (including phenoxy) is 2. The van der Waals surface area contributed by atoms with Crippen LogP contribution in [0.3, 0.4) is 0 Å². The van der Waals surface area contributed by atoms with Gasteiger partial charge in [0, 0.05) is 24.3 Å². The summed E-state index contributed by atoms with van der Waals surface area (Å²) in [6.45, 7) is 5.40. The predicted molar refractivity (Wildman–Crippen MR) is 99.0 cm³/mol. The fourth-order valence-electron chi connectivity index (χ4n) is 3.08. The number of benzene rings is 1. The second-order valence-electron chi connectivity index (χ2n) is 5.54. The van der Waals surface area contributed by atoms with Gasteiger partial charge in [-0.1, -0.05) is 0 Å². The molecule has 1 aromatic heterocycles. The van der Waals surface area contributed by atoms with E-state index in [1.165, 1.54) is 0 Å². The van der Waals surface area contributed by atoms with E-state index in [0.717, 1.165) is 34.8 Å². The Kier molecular flexibility index (Phi) is 4.79. The fraction of sp³-hybridized carbons (Fsp3) is 0.238. The molecular formula is C21H20N2O2. The minimum Gasteiger partial charge on any atom is -0.496 e. The van der Waals surface area contributed by atoms with Gasteiger partial charge in [0.15, 0.2) is 0 Å². The van der Waals surface area contributed by atoms with Crippen molar-refractivity contribution < 1.29 is 9.47 Å². The highest BCUT2D eigenvalue weighted by molar-refractivity contribution is 5.82. The van der Waals surface area contributed by atoms with Crippen molar-refractivity contribution in [3.63, 3.8) is 0 Å². The second kappa shape index (κ2) is 7.17. The predicted octanol–water partition coefficient (Wildman–Crippen LogP) is 4.61. The van der Waals surface area contributed by atoms with Gasteiger partial charge in [0.25, 0.3) is 0 Å². The largest absolute Gasteiger partial charge is 0.496 e. The standard InChI is InChI=1S/C21H20N2O2/c1-4-23-20-13-17(24-3)7-6-8-18(20)19(14-22)21(23)15-9-11-16(12-10-15)25-5-2/h7-13H,4-5H2,1-3H3. The molecule has 0 N–H and O–H groups in total. The molecule has 0 amide bonds. The Morgan fingerprint density at radius 3 is 2.52 bits per heavy atom. The van der Waals surface area contributed by atoms with Crippen molar-refractivity contribution in [2.45, 2.75) is 20.4 Å². The first kappa shape index (κ1) is 16.7. The van der Waals surface area contributed by atoms with Crippen LogP contribution in [0.1, 0.15) is 30.7 Å². The molecule has 0 spiro atoms. The summed E-state index contributed by atoms with van der Waals surface area (Å²) in [4.78, 5) is 0. The minimum absolute atomic E-state index is 0.629. The molecule has 4 nitrogen and oxygen atoms in total. The maximum absolute atomic E-state index is 9.80. The number of hydrogen-bond donors (Lipinski definition) is 0. The van der Waals surface area contributed by atoms with E-state index in [2.05, 4.69) is 23.3 Å². The van der Waals surface area contributed by atoms with Gasteiger partial charge in [-0.25, -0.2) is 0 Å². The van der Waals surface area contributed by atoms with E-state index in [9.17, 15) is 5.26 Å². The maximum atomic E-state index is 9.80. The SMILES string of the molecule is CCOc1ccc(-c2c(C#N)c3c(n2CC)C=C(OC)C=C=C3)cc1. The van der Waals surface area contributed by atoms with Crippen LogP contribution in [0.2, 0.25) is 0 Å². The van der Waals surface area contributed by atoms with Crippen LogP contribution >= 0.6 is 0 Å². The van der Waals surface area contributed by atoms with Gasteiger partial charge in [-0.05, 0) is 49.8 Å². The van der Waals surface area contributed by atoms with Crippen LogP contribution in [-0.2, 0) is 11.3 Å². The van der Waals surface area contributed by atoms with Gasteiger partial charge in [0.1, 0.15) is 17.6 Å². The van der Waals surface area contributed by atoms with Crippen molar-refractivity contribution in [3.05, 3.63) is 58.7 Å². The molecule has 0 saturated carbocycles. The first-order valence-electron chi connectivity index (χ1n) is 8.31. The molecule has 0 bridgehead atoms. The smallest absolute Gasteiger partial charge is 0.128 e. The fourth-order valence-corrected chi connectivity index (χ4v) is 3.08. The minimum atomic E-state index is 0.629. The number of rotatable bonds is 5. The Morgan fingerprint density at radius 2 is 1.92 bits per heavy atom. The quantitative estimate of drug-likeness (QED) is 0.751. The molecular weight excluding hydrogens is 312 g/mol. The summed E-state index contributed by atoms with van der Waals surface area (Å²) in [5, 5.41) is 9.80. The van der Waals surface area contributed by atoms with Crippen LogP contribution in [0.5, 0.6) is 5.75 Å². The third-order valence-corrected chi connectivity index (χ3v) is 4.18. The summed E-state index contributed by atoms with van der Waals surface area (Å²) in [5.74, 6) is 1.54. The number of nitriles is 1. The molecule has 126 valence electrons. The Balaban J connectivity index is 2.23. The van der Waals surface area contributed by atoms with E-state index in [4.69, 9.17) is 9.47 Å². The highest BCUT2D eigenvalue weighted by atomic mass is 16.5. The Hall–Kier alpha value is -3.15. The molecule has 4 heteroatoms. The first-order valence-corrected chi connectivity index (χ1v) is 8.31. The maximum Gasteiger partial charge on any atom is 0.128 e. The molecule has 1 aromatic carbocycles. The highest BCUT2D eigenvalue weighted by Gasteiger charge is 2.22. The summed E-state index contributed by atoms with van der Waals surface area (Å²) in [6, 6.07) is 10.2. The van der Waals surface area contributed by atoms with Crippen molar-refractivity contribution in [1.29, 1.82) is 5.26 Å². The number of nitrogens with zero attached hydrogens (tertiary/aromatic N) is 2. The van der Waals surface area contributed by atoms with E-state index >= 15 is 0 Å². The van der Waals surface area contributed by atoms with Gasteiger partial charge in [-0.15, -0.1) is 5.73 Å². The van der Waals surface area contributed by atoms with Crippen LogP contribution in [0, 0.1) is 11.3 Å². The zero-order chi connectivity index (χ0) is 17.8. The molecule has 1 aliphatic rings. The molecule has 0 radical (unpaired) electrons. The van der Waals surface area contributed by atoms with Gasteiger partial charge in [0.05, 0.1) is 30.7 Å². The van der Waals surface area contributed by atoms with Gasteiger partial charge in [-0.2, -0.15) is 5.26 Å². The molecule has 25 heavy (non-hydrogen) atoms. The summed E-state index contributed by atoms with van der Waals surface area (Å²) < 4.78 is 13.0. The normalized spacial score (nSPS) is 12.2. The number of methoxy groups -OCH3 is 1. The lowest BCUT2D eigenvalue weighted by Gasteiger charge is -2.11. The lowest BCUT2D eigenvalue weighted by atomic mass is 10.0. The van der Waals surface area contributed by atoms with Crippen molar-refractivity contribution in [2.75, 3.05) is 13.7 Å². The topological polar surface area (TPSA) is 47.2 Å². The lowest BCUT2D eigenvalue weighted by Crippen LogP contribution is -2.01. The van der Waals surface area contributed by atoms with E-state index in [0.29, 0.717) is 17.9 Å². The van der Waals surface area contributed by atoms with Crippen LogP contribution < -0.4 is 4.74 Å². The Morgan fingerprint density at radius 1 is 1.16 bits per heavy atom. The van der Waals surface area contributed by atoms with Gasteiger partial charge in [0.2, 0.25) is 0 Å². The number of hydrogen-bond acceptors (Lipinski definition) is 3. The average Bonchev–Trinajstić information content (AvgIpc) is 2.78. The van der Waals surface area contributed by atoms with Gasteiger partial charge < -0.3 is 14.0 Å². The van der Waals surface area contributed by atoms with Crippen LogP contribution in [0.25, 0.3) is 23.4 Å². The summed E-state index contributed by atoms with van der Waals surface area (Å²) in [6.07, 6.45) is 5.58. The zero-order valence-electron chi connectivity index (χ0n) is 14.7. The van der Waals surface area contributed by atoms with E-state index < -0.39 is 0 Å². The second-order valence-corrected chi connectivity index (χ2v) is 5.54. The molecule has 0 fully saturated rings.